The largest absolute Gasteiger partial charge is 0.444 e. The quantitative estimate of drug-likeness (QED) is 0.244. The average Bonchev–Trinajstić information content (AvgIpc) is 3.23. The van der Waals surface area contributed by atoms with Crippen molar-refractivity contribution < 1.29 is 28.7 Å². The molecule has 2 aliphatic heterocycles. The Morgan fingerprint density at radius 1 is 1.11 bits per heavy atom. The Morgan fingerprint density at radius 2 is 1.78 bits per heavy atom. The monoisotopic (exact) mass is 611 g/mol. The first-order valence-corrected chi connectivity index (χ1v) is 14.0. The van der Waals surface area contributed by atoms with Crippen LogP contribution in [0, 0.1) is 0 Å². The van der Waals surface area contributed by atoms with Crippen molar-refractivity contribution in [2.75, 3.05) is 18.8 Å². The molecule has 3 amide bonds. The molecule has 0 bridgehead atoms. The van der Waals surface area contributed by atoms with Gasteiger partial charge in [-0.1, -0.05) is 54.3 Å². The van der Waals surface area contributed by atoms with Crippen LogP contribution in [0.2, 0.25) is 0 Å². The number of rotatable bonds is 5. The number of halogens is 3. The van der Waals surface area contributed by atoms with Crippen LogP contribution in [-0.2, 0) is 25.7 Å². The van der Waals surface area contributed by atoms with E-state index in [1.54, 1.807) is 20.8 Å². The van der Waals surface area contributed by atoms with E-state index in [0.29, 0.717) is 23.0 Å². The van der Waals surface area contributed by atoms with E-state index >= 15 is 0 Å². The van der Waals surface area contributed by atoms with E-state index in [9.17, 15) is 14.4 Å². The van der Waals surface area contributed by atoms with Gasteiger partial charge in [0.15, 0.2) is 0 Å². The fraction of sp³-hybridized carbons (Fsp3) is 0.565. The topological polar surface area (TPSA) is 88.6 Å². The second-order valence-electron chi connectivity index (χ2n) is 9.38. The van der Waals surface area contributed by atoms with E-state index in [0.717, 1.165) is 10.6 Å². The Balaban J connectivity index is 1.85. The van der Waals surface area contributed by atoms with E-state index in [1.807, 2.05) is 30.3 Å². The number of hydrogen-bond acceptors (Lipinski definition) is 8. The first kappa shape index (κ1) is 30.0. The smallest absolute Gasteiger partial charge is 0.437 e. The van der Waals surface area contributed by atoms with E-state index in [1.165, 1.54) is 21.6 Å². The molecular weight excluding hydrogens is 585 g/mol. The highest BCUT2D eigenvalue weighted by atomic mass is 35.6. The number of carbonyl (C=O) groups is 3. The summed E-state index contributed by atoms with van der Waals surface area (Å²) in [6, 6.07) is 7.58. The summed E-state index contributed by atoms with van der Waals surface area (Å²) in [7, 11) is 0. The summed E-state index contributed by atoms with van der Waals surface area (Å²) in [5.41, 5.74) is -0.0315. The van der Waals surface area contributed by atoms with Crippen LogP contribution in [0.25, 0.3) is 0 Å². The predicted molar refractivity (Wildman–Crippen MR) is 146 cm³/mol. The maximum atomic E-state index is 13.4. The van der Waals surface area contributed by atoms with Crippen molar-refractivity contribution in [3.05, 3.63) is 35.9 Å². The van der Waals surface area contributed by atoms with Crippen LogP contribution in [0.5, 0.6) is 0 Å². The lowest BCUT2D eigenvalue weighted by Crippen LogP contribution is -2.60. The van der Waals surface area contributed by atoms with Crippen molar-refractivity contribution in [1.29, 1.82) is 0 Å². The molecule has 0 radical (unpaired) electrons. The molecule has 2 heterocycles. The van der Waals surface area contributed by atoms with Crippen molar-refractivity contribution in [1.82, 2.24) is 14.9 Å². The number of thioether (sulfide) groups is 1. The second-order valence-corrected chi connectivity index (χ2v) is 13.3. The number of hydroxylamine groups is 2. The van der Waals surface area contributed by atoms with Crippen LogP contribution in [0.1, 0.15) is 39.2 Å². The summed E-state index contributed by atoms with van der Waals surface area (Å²) < 4.78 is 8.64. The number of amides is 3. The fourth-order valence-electron chi connectivity index (χ4n) is 3.87. The Labute approximate surface area is 240 Å². The standard InChI is InChI=1S/C23H28Cl3N3O6S2/c1-22(2,3)34-19(31)28-13-16(9-10-17(28)18(30)27-11-12-37-21(27)36)29(20(32)35-23(24,25)26)33-14-15-7-5-4-6-8-15/h4-8,16-17H,9-14H2,1-3H3/t16-,17+/m1/s1. The lowest BCUT2D eigenvalue weighted by atomic mass is 9.97. The number of thiocarbonyl (C=S) groups is 1. The molecule has 3 rings (SSSR count). The van der Waals surface area contributed by atoms with Crippen molar-refractivity contribution in [3.63, 3.8) is 0 Å². The van der Waals surface area contributed by atoms with Gasteiger partial charge in [0.1, 0.15) is 22.6 Å². The molecule has 14 heteroatoms. The molecule has 0 N–H and O–H groups in total. The minimum Gasteiger partial charge on any atom is -0.444 e. The fourth-order valence-corrected chi connectivity index (χ4v) is 5.28. The van der Waals surface area contributed by atoms with Gasteiger partial charge in [-0.05, 0) is 74.0 Å². The molecule has 1 aromatic carbocycles. The van der Waals surface area contributed by atoms with E-state index in [-0.39, 0.29) is 25.5 Å². The Morgan fingerprint density at radius 3 is 2.35 bits per heavy atom. The number of ether oxygens (including phenoxy) is 2. The third-order valence-corrected chi connectivity index (χ3v) is 7.08. The zero-order valence-electron chi connectivity index (χ0n) is 20.5. The molecule has 204 valence electrons. The molecule has 0 unspecified atom stereocenters. The van der Waals surface area contributed by atoms with Crippen molar-refractivity contribution in [2.45, 2.75) is 61.9 Å². The third kappa shape index (κ3) is 8.76. The van der Waals surface area contributed by atoms with E-state index < -0.39 is 33.8 Å². The van der Waals surface area contributed by atoms with Crippen LogP contribution in [0.15, 0.2) is 30.3 Å². The molecule has 2 aliphatic rings. The van der Waals surface area contributed by atoms with Crippen molar-refractivity contribution in [3.8, 4) is 0 Å². The molecule has 0 saturated carbocycles. The van der Waals surface area contributed by atoms with Gasteiger partial charge in [0, 0.05) is 18.8 Å². The van der Waals surface area contributed by atoms with Gasteiger partial charge in [-0.15, -0.1) is 0 Å². The highest BCUT2D eigenvalue weighted by Gasteiger charge is 2.45. The van der Waals surface area contributed by atoms with Gasteiger partial charge in [0.2, 0.25) is 0 Å². The number of alkyl halides is 3. The highest BCUT2D eigenvalue weighted by molar-refractivity contribution is 8.23. The zero-order chi connectivity index (χ0) is 27.4. The predicted octanol–water partition coefficient (Wildman–Crippen LogP) is 5.51. The summed E-state index contributed by atoms with van der Waals surface area (Å²) in [6.45, 7) is 5.57. The van der Waals surface area contributed by atoms with Crippen molar-refractivity contribution in [2.24, 2.45) is 0 Å². The van der Waals surface area contributed by atoms with Gasteiger partial charge in [-0.2, -0.15) is 5.06 Å². The molecule has 37 heavy (non-hydrogen) atoms. The summed E-state index contributed by atoms with van der Waals surface area (Å²) in [5, 5.41) is 0.948. The average molecular weight is 613 g/mol. The summed E-state index contributed by atoms with van der Waals surface area (Å²) in [5.74, 6) is 0.399. The van der Waals surface area contributed by atoms with Gasteiger partial charge in [-0.25, -0.2) is 9.59 Å². The molecule has 2 saturated heterocycles. The third-order valence-electron chi connectivity index (χ3n) is 5.42. The zero-order valence-corrected chi connectivity index (χ0v) is 24.4. The van der Waals surface area contributed by atoms with Gasteiger partial charge in [0.25, 0.3) is 5.91 Å². The molecule has 2 fully saturated rings. The number of nitrogens with zero attached hydrogens (tertiary/aromatic N) is 3. The first-order chi connectivity index (χ1) is 17.2. The summed E-state index contributed by atoms with van der Waals surface area (Å²) in [6.07, 6.45) is -1.23. The summed E-state index contributed by atoms with van der Waals surface area (Å²) >= 11 is 23.8. The van der Waals surface area contributed by atoms with E-state index in [2.05, 4.69) is 0 Å². The lowest BCUT2D eigenvalue weighted by Gasteiger charge is -2.42. The number of likely N-dealkylation sites (tertiary alicyclic amines) is 1. The number of benzene rings is 1. The van der Waals surface area contributed by atoms with Crippen molar-refractivity contribution >= 4 is 81.2 Å². The maximum Gasteiger partial charge on any atom is 0.437 e. The van der Waals surface area contributed by atoms with Crippen LogP contribution >= 0.6 is 58.8 Å². The van der Waals surface area contributed by atoms with Crippen LogP contribution in [0.3, 0.4) is 0 Å². The molecule has 0 aliphatic carbocycles. The normalized spacial score (nSPS) is 20.5. The van der Waals surface area contributed by atoms with Gasteiger partial charge in [0.05, 0.1) is 6.04 Å². The van der Waals surface area contributed by atoms with Gasteiger partial charge < -0.3 is 9.47 Å². The molecular formula is C23H28Cl3N3O6S2. The number of carbonyl (C=O) groups excluding carboxylic acids is 3. The molecule has 2 atom stereocenters. The molecule has 1 aromatic rings. The van der Waals surface area contributed by atoms with Crippen LogP contribution in [0.4, 0.5) is 9.59 Å². The summed E-state index contributed by atoms with van der Waals surface area (Å²) in [4.78, 5) is 48.2. The minimum atomic E-state index is -2.33. The second kappa shape index (κ2) is 12.6. The van der Waals surface area contributed by atoms with Crippen LogP contribution < -0.4 is 0 Å². The number of piperidine rings is 1. The molecule has 0 aromatic heterocycles. The minimum absolute atomic E-state index is 0.0143. The van der Waals surface area contributed by atoms with E-state index in [4.69, 9.17) is 61.3 Å². The molecule has 0 spiro atoms. The first-order valence-electron chi connectivity index (χ1n) is 11.5. The Kier molecular flexibility index (Phi) is 10.2. The van der Waals surface area contributed by atoms with Crippen LogP contribution in [-0.4, -0.2) is 77.8 Å². The number of hydrogen-bond donors (Lipinski definition) is 0. The lowest BCUT2D eigenvalue weighted by molar-refractivity contribution is -0.183. The molecule has 9 nitrogen and oxygen atoms in total. The van der Waals surface area contributed by atoms with Gasteiger partial charge in [-0.3, -0.25) is 19.4 Å². The SMILES string of the molecule is CC(C)(C)OC(=O)N1C[C@H](N(OCc2ccccc2)C(=O)OC(Cl)(Cl)Cl)CC[C@H]1C(=O)N1CCSC1=S. The highest BCUT2D eigenvalue weighted by Crippen LogP contribution is 2.32. The van der Waals surface area contributed by atoms with Gasteiger partial charge >= 0.3 is 16.2 Å². The Bertz CT molecular complexity index is 1010. The Hall–Kier alpha value is -1.50. The maximum absolute atomic E-state index is 13.4.